The van der Waals surface area contributed by atoms with Gasteiger partial charge in [-0.3, -0.25) is 14.8 Å². The summed E-state index contributed by atoms with van der Waals surface area (Å²) in [5.41, 5.74) is 5.76. The minimum absolute atomic E-state index is 0.225. The Balaban J connectivity index is 1.52. The van der Waals surface area contributed by atoms with E-state index in [0.717, 1.165) is 27.9 Å². The Labute approximate surface area is 210 Å². The molecule has 8 heteroatoms. The Hall–Kier alpha value is -4.59. The Morgan fingerprint density at radius 1 is 1.00 bits per heavy atom. The minimum atomic E-state index is -0.348. The molecule has 0 aliphatic rings. The lowest BCUT2D eigenvalue weighted by atomic mass is 9.93. The number of hydrogen-bond acceptors (Lipinski definition) is 7. The summed E-state index contributed by atoms with van der Waals surface area (Å²) in [5, 5.41) is 18.0. The quantitative estimate of drug-likeness (QED) is 0.276. The van der Waals surface area contributed by atoms with Crippen LogP contribution in [0.15, 0.2) is 78.0 Å². The molecule has 0 atom stereocenters. The van der Waals surface area contributed by atoms with Crippen molar-refractivity contribution in [1.82, 2.24) is 15.1 Å². The molecule has 1 amide bonds. The van der Waals surface area contributed by atoms with Crippen molar-refractivity contribution in [2.75, 3.05) is 10.6 Å². The van der Waals surface area contributed by atoms with Gasteiger partial charge in [0.2, 0.25) is 0 Å². The van der Waals surface area contributed by atoms with Crippen molar-refractivity contribution >= 4 is 29.1 Å². The molecule has 1 aromatic carbocycles. The molecule has 3 aromatic heterocycles. The first-order valence-electron chi connectivity index (χ1n) is 11.5. The predicted octanol–water partition coefficient (Wildman–Crippen LogP) is 6.09. The molecule has 0 fully saturated rings. The molecule has 36 heavy (non-hydrogen) atoms. The van der Waals surface area contributed by atoms with E-state index >= 15 is 0 Å². The number of benzene rings is 1. The van der Waals surface area contributed by atoms with Crippen LogP contribution in [0, 0.1) is 12.3 Å². The SMILES string of the molecule is Cc1ccc(NC(=O)c2cc(C(C)(C)C)on2)cc1N/C=C(\C=N)c1cncc(-c2ccncc2)c1. The normalized spacial score (nSPS) is 11.7. The summed E-state index contributed by atoms with van der Waals surface area (Å²) >= 11 is 0. The molecule has 0 aliphatic heterocycles. The minimum Gasteiger partial charge on any atom is -0.361 e. The summed E-state index contributed by atoms with van der Waals surface area (Å²) in [6.45, 7) is 7.95. The second-order valence-electron chi connectivity index (χ2n) is 9.40. The van der Waals surface area contributed by atoms with Gasteiger partial charge >= 0.3 is 0 Å². The van der Waals surface area contributed by atoms with E-state index in [9.17, 15) is 4.79 Å². The standard InChI is InChI=1S/C28H28N6O2/c1-18-5-6-23(33-27(35)25-13-26(36-34-25)28(2,3)4)12-24(18)32-17-22(14-29)21-11-20(15-31-16-21)19-7-9-30-10-8-19/h5-17,29,32H,1-4H3,(H,33,35)/b22-17+,29-14?. The maximum absolute atomic E-state index is 12.7. The van der Waals surface area contributed by atoms with Gasteiger partial charge in [0.1, 0.15) is 5.76 Å². The third kappa shape index (κ3) is 5.72. The largest absolute Gasteiger partial charge is 0.361 e. The van der Waals surface area contributed by atoms with Crippen molar-refractivity contribution in [2.45, 2.75) is 33.1 Å². The van der Waals surface area contributed by atoms with Crippen LogP contribution in [-0.4, -0.2) is 27.2 Å². The van der Waals surface area contributed by atoms with E-state index < -0.39 is 0 Å². The monoisotopic (exact) mass is 480 g/mol. The fraction of sp³-hybridized carbons (Fsp3) is 0.179. The van der Waals surface area contributed by atoms with Crippen LogP contribution in [0.4, 0.5) is 11.4 Å². The average molecular weight is 481 g/mol. The molecule has 0 saturated carbocycles. The summed E-state index contributed by atoms with van der Waals surface area (Å²) in [5.74, 6) is 0.296. The molecule has 3 heterocycles. The highest BCUT2D eigenvalue weighted by Gasteiger charge is 2.22. The highest BCUT2D eigenvalue weighted by atomic mass is 16.5. The Kier molecular flexibility index (Phi) is 7.05. The van der Waals surface area contributed by atoms with E-state index in [0.29, 0.717) is 17.0 Å². The zero-order valence-electron chi connectivity index (χ0n) is 20.7. The smallest absolute Gasteiger partial charge is 0.277 e. The number of carbonyl (C=O) groups is 1. The second-order valence-corrected chi connectivity index (χ2v) is 9.40. The van der Waals surface area contributed by atoms with Crippen molar-refractivity contribution in [1.29, 1.82) is 5.41 Å². The van der Waals surface area contributed by atoms with Crippen molar-refractivity contribution in [3.63, 3.8) is 0 Å². The second kappa shape index (κ2) is 10.4. The Morgan fingerprint density at radius 2 is 1.78 bits per heavy atom. The van der Waals surface area contributed by atoms with Crippen LogP contribution in [0.1, 0.15) is 48.1 Å². The maximum Gasteiger partial charge on any atom is 0.277 e. The van der Waals surface area contributed by atoms with E-state index in [1.807, 2.05) is 64.1 Å². The van der Waals surface area contributed by atoms with Gasteiger partial charge in [-0.2, -0.15) is 0 Å². The first-order valence-corrected chi connectivity index (χ1v) is 11.5. The van der Waals surface area contributed by atoms with Gasteiger partial charge in [0, 0.05) is 76.8 Å². The lowest BCUT2D eigenvalue weighted by Gasteiger charge is -2.12. The number of carbonyl (C=O) groups excluding carboxylic acids is 1. The van der Waals surface area contributed by atoms with Gasteiger partial charge in [-0.25, -0.2) is 0 Å². The zero-order valence-corrected chi connectivity index (χ0v) is 20.7. The number of nitrogens with one attached hydrogen (secondary N) is 3. The fourth-order valence-corrected chi connectivity index (χ4v) is 3.45. The maximum atomic E-state index is 12.7. The third-order valence-corrected chi connectivity index (χ3v) is 5.60. The molecular formula is C28H28N6O2. The summed E-state index contributed by atoms with van der Waals surface area (Å²) in [6.07, 6.45) is 10.00. The Morgan fingerprint density at radius 3 is 2.47 bits per heavy atom. The summed E-state index contributed by atoms with van der Waals surface area (Å²) in [6, 6.07) is 13.0. The van der Waals surface area contributed by atoms with Gasteiger partial charge in [0.25, 0.3) is 5.91 Å². The predicted molar refractivity (Wildman–Crippen MR) is 142 cm³/mol. The highest BCUT2D eigenvalue weighted by molar-refractivity contribution is 6.09. The van der Waals surface area contributed by atoms with E-state index in [-0.39, 0.29) is 17.0 Å². The van der Waals surface area contributed by atoms with Crippen molar-refractivity contribution in [3.05, 3.63) is 96.0 Å². The first kappa shape index (κ1) is 24.5. The van der Waals surface area contributed by atoms with Crippen LogP contribution in [0.25, 0.3) is 16.7 Å². The molecule has 0 bridgehead atoms. The van der Waals surface area contributed by atoms with Crippen LogP contribution in [0.5, 0.6) is 0 Å². The van der Waals surface area contributed by atoms with Gasteiger partial charge in [-0.15, -0.1) is 0 Å². The zero-order chi connectivity index (χ0) is 25.7. The number of rotatable bonds is 7. The first-order chi connectivity index (χ1) is 17.2. The highest BCUT2D eigenvalue weighted by Crippen LogP contribution is 2.25. The van der Waals surface area contributed by atoms with Gasteiger partial charge in [0.15, 0.2) is 5.69 Å². The van der Waals surface area contributed by atoms with Crippen molar-refractivity contribution in [2.24, 2.45) is 0 Å². The van der Waals surface area contributed by atoms with E-state index in [1.165, 1.54) is 6.21 Å². The lowest BCUT2D eigenvalue weighted by Crippen LogP contribution is -2.13. The van der Waals surface area contributed by atoms with Crippen molar-refractivity contribution < 1.29 is 9.32 Å². The number of nitrogens with zero attached hydrogens (tertiary/aromatic N) is 3. The van der Waals surface area contributed by atoms with Crippen LogP contribution in [0.2, 0.25) is 0 Å². The number of hydrogen-bond donors (Lipinski definition) is 3. The summed E-state index contributed by atoms with van der Waals surface area (Å²) < 4.78 is 5.33. The molecule has 4 rings (SSSR count). The fourth-order valence-electron chi connectivity index (χ4n) is 3.45. The van der Waals surface area contributed by atoms with E-state index in [1.54, 1.807) is 37.1 Å². The van der Waals surface area contributed by atoms with Gasteiger partial charge < -0.3 is 20.6 Å². The molecule has 0 spiro atoms. The van der Waals surface area contributed by atoms with E-state index in [2.05, 4.69) is 25.8 Å². The topological polar surface area (TPSA) is 117 Å². The van der Waals surface area contributed by atoms with E-state index in [4.69, 9.17) is 9.93 Å². The van der Waals surface area contributed by atoms with Crippen LogP contribution >= 0.6 is 0 Å². The molecular weight excluding hydrogens is 452 g/mol. The van der Waals surface area contributed by atoms with Crippen LogP contribution in [0.3, 0.4) is 0 Å². The number of aromatic nitrogens is 3. The molecule has 0 aliphatic carbocycles. The molecule has 0 unspecified atom stereocenters. The third-order valence-electron chi connectivity index (χ3n) is 5.60. The summed E-state index contributed by atoms with van der Waals surface area (Å²) in [4.78, 5) is 21.1. The van der Waals surface area contributed by atoms with Gasteiger partial charge in [-0.1, -0.05) is 32.0 Å². The number of aryl methyl sites for hydroxylation is 1. The number of allylic oxidation sites excluding steroid dienone is 1. The number of pyridine rings is 2. The summed E-state index contributed by atoms with van der Waals surface area (Å²) in [7, 11) is 0. The lowest BCUT2D eigenvalue weighted by molar-refractivity contribution is 0.101. The van der Waals surface area contributed by atoms with Crippen molar-refractivity contribution in [3.8, 4) is 11.1 Å². The Bertz CT molecular complexity index is 1420. The molecule has 0 saturated heterocycles. The molecule has 3 N–H and O–H groups in total. The molecule has 182 valence electrons. The van der Waals surface area contributed by atoms with Gasteiger partial charge in [-0.05, 0) is 48.4 Å². The average Bonchev–Trinajstić information content (AvgIpc) is 3.38. The van der Waals surface area contributed by atoms with Gasteiger partial charge in [0.05, 0.1) is 0 Å². The molecule has 4 aromatic rings. The molecule has 0 radical (unpaired) electrons. The molecule has 8 nitrogen and oxygen atoms in total. The van der Waals surface area contributed by atoms with Crippen LogP contribution in [-0.2, 0) is 5.41 Å². The number of anilines is 2. The number of amides is 1. The van der Waals surface area contributed by atoms with Crippen LogP contribution < -0.4 is 10.6 Å².